The minimum Gasteiger partial charge on any atom is -0.326 e. The largest absolute Gasteiger partial charge is 0.326 e. The summed E-state index contributed by atoms with van der Waals surface area (Å²) in [5, 5.41) is 0. The van der Waals surface area contributed by atoms with Gasteiger partial charge in [-0.2, -0.15) is 0 Å². The third-order valence-corrected chi connectivity index (χ3v) is 0.596. The van der Waals surface area contributed by atoms with Gasteiger partial charge in [-0.15, -0.1) is 0 Å². The highest BCUT2D eigenvalue weighted by atomic mass is 14.7. The van der Waals surface area contributed by atoms with Crippen molar-refractivity contribution in [3.63, 3.8) is 0 Å². The lowest BCUT2D eigenvalue weighted by Crippen LogP contribution is -1.99. The Morgan fingerprint density at radius 1 is 1.88 bits per heavy atom. The van der Waals surface area contributed by atoms with E-state index in [9.17, 15) is 0 Å². The molecule has 0 aromatic rings. The Morgan fingerprint density at radius 3 is 2.88 bits per heavy atom. The smallest absolute Gasteiger partial charge is 0.0591 e. The average Bonchev–Trinajstić information content (AvgIpc) is 1.66. The standard InChI is InChI=1S/C6H12N2/c1-6(2)5-8-4-3-7/h4H,1,3,5,7H2,2H3. The summed E-state index contributed by atoms with van der Waals surface area (Å²) in [7, 11) is 0. The third kappa shape index (κ3) is 5.37. The van der Waals surface area contributed by atoms with E-state index in [2.05, 4.69) is 11.6 Å². The molecule has 0 aliphatic rings. The lowest BCUT2D eigenvalue weighted by molar-refractivity contribution is 1.14. The Morgan fingerprint density at radius 2 is 2.50 bits per heavy atom. The molecule has 0 aromatic heterocycles. The number of hydrogen-bond acceptors (Lipinski definition) is 2. The summed E-state index contributed by atoms with van der Waals surface area (Å²) in [5.74, 6) is 0. The summed E-state index contributed by atoms with van der Waals surface area (Å²) < 4.78 is 0. The van der Waals surface area contributed by atoms with Crippen LogP contribution in [0.15, 0.2) is 17.1 Å². The zero-order valence-electron chi connectivity index (χ0n) is 5.22. The van der Waals surface area contributed by atoms with Crippen LogP contribution in [0.1, 0.15) is 6.92 Å². The molecular weight excluding hydrogens is 100 g/mol. The van der Waals surface area contributed by atoms with Crippen LogP contribution < -0.4 is 5.73 Å². The van der Waals surface area contributed by atoms with Crippen molar-refractivity contribution in [2.75, 3.05) is 13.1 Å². The van der Waals surface area contributed by atoms with Crippen LogP contribution in [0.2, 0.25) is 0 Å². The Kier molecular flexibility index (Phi) is 4.17. The van der Waals surface area contributed by atoms with Gasteiger partial charge >= 0.3 is 0 Å². The fourth-order valence-electron chi connectivity index (χ4n) is 0.295. The van der Waals surface area contributed by atoms with E-state index in [4.69, 9.17) is 5.73 Å². The summed E-state index contributed by atoms with van der Waals surface area (Å²) >= 11 is 0. The zero-order valence-corrected chi connectivity index (χ0v) is 5.22. The van der Waals surface area contributed by atoms with E-state index in [1.165, 1.54) is 0 Å². The molecule has 0 saturated heterocycles. The predicted molar refractivity (Wildman–Crippen MR) is 37.2 cm³/mol. The SMILES string of the molecule is C=C(C)CN=CCN. The van der Waals surface area contributed by atoms with Gasteiger partial charge in [-0.3, -0.25) is 4.99 Å². The van der Waals surface area contributed by atoms with E-state index < -0.39 is 0 Å². The van der Waals surface area contributed by atoms with Gasteiger partial charge in [-0.25, -0.2) is 0 Å². The Balaban J connectivity index is 3.16. The lowest BCUT2D eigenvalue weighted by Gasteiger charge is -1.87. The van der Waals surface area contributed by atoms with E-state index in [1.807, 2.05) is 6.92 Å². The van der Waals surface area contributed by atoms with Crippen LogP contribution in [-0.4, -0.2) is 19.3 Å². The number of hydrogen-bond donors (Lipinski definition) is 1. The van der Waals surface area contributed by atoms with Gasteiger partial charge in [0.15, 0.2) is 0 Å². The molecule has 0 fully saturated rings. The molecule has 2 N–H and O–H groups in total. The van der Waals surface area contributed by atoms with Crippen LogP contribution in [-0.2, 0) is 0 Å². The molecule has 0 rings (SSSR count). The fourth-order valence-corrected chi connectivity index (χ4v) is 0.295. The average molecular weight is 112 g/mol. The minimum absolute atomic E-state index is 0.521. The van der Waals surface area contributed by atoms with Gasteiger partial charge in [0.25, 0.3) is 0 Å². The maximum Gasteiger partial charge on any atom is 0.0591 e. The summed E-state index contributed by atoms with van der Waals surface area (Å²) in [6.45, 7) is 6.84. The van der Waals surface area contributed by atoms with E-state index in [0.29, 0.717) is 13.1 Å². The Hall–Kier alpha value is -0.630. The van der Waals surface area contributed by atoms with E-state index in [1.54, 1.807) is 6.21 Å². The van der Waals surface area contributed by atoms with Crippen molar-refractivity contribution in [2.24, 2.45) is 10.7 Å². The topological polar surface area (TPSA) is 38.4 Å². The molecule has 46 valence electrons. The minimum atomic E-state index is 0.521. The van der Waals surface area contributed by atoms with Crippen LogP contribution in [0.5, 0.6) is 0 Å². The second-order valence-corrected chi connectivity index (χ2v) is 1.72. The van der Waals surface area contributed by atoms with Gasteiger partial charge in [-0.1, -0.05) is 12.2 Å². The molecule has 0 unspecified atom stereocenters. The molecule has 8 heavy (non-hydrogen) atoms. The first kappa shape index (κ1) is 7.37. The van der Waals surface area contributed by atoms with Crippen LogP contribution in [0.4, 0.5) is 0 Å². The molecule has 0 spiro atoms. The van der Waals surface area contributed by atoms with Crippen molar-refractivity contribution in [1.82, 2.24) is 0 Å². The molecule has 0 radical (unpaired) electrons. The maximum atomic E-state index is 5.14. The molecule has 2 nitrogen and oxygen atoms in total. The lowest BCUT2D eigenvalue weighted by atomic mass is 10.4. The number of rotatable bonds is 3. The molecule has 0 aromatic carbocycles. The van der Waals surface area contributed by atoms with E-state index in [-0.39, 0.29) is 0 Å². The first-order chi connectivity index (χ1) is 3.77. The van der Waals surface area contributed by atoms with E-state index in [0.717, 1.165) is 5.57 Å². The Bertz CT molecular complexity index is 94.7. The van der Waals surface area contributed by atoms with Crippen LogP contribution >= 0.6 is 0 Å². The first-order valence-electron chi connectivity index (χ1n) is 2.60. The van der Waals surface area contributed by atoms with Crippen molar-refractivity contribution in [3.05, 3.63) is 12.2 Å². The fraction of sp³-hybridized carbons (Fsp3) is 0.500. The first-order valence-corrected chi connectivity index (χ1v) is 2.60. The second kappa shape index (κ2) is 4.53. The van der Waals surface area contributed by atoms with Gasteiger partial charge in [-0.05, 0) is 6.92 Å². The molecule has 0 aliphatic heterocycles. The van der Waals surface area contributed by atoms with Crippen LogP contribution in [0, 0.1) is 0 Å². The van der Waals surface area contributed by atoms with Crippen LogP contribution in [0.25, 0.3) is 0 Å². The van der Waals surface area contributed by atoms with Crippen LogP contribution in [0.3, 0.4) is 0 Å². The summed E-state index contributed by atoms with van der Waals surface area (Å²) in [5.41, 5.74) is 6.20. The molecule has 2 heteroatoms. The zero-order chi connectivity index (χ0) is 6.41. The van der Waals surface area contributed by atoms with Crippen molar-refractivity contribution in [1.29, 1.82) is 0 Å². The van der Waals surface area contributed by atoms with E-state index >= 15 is 0 Å². The highest BCUT2D eigenvalue weighted by molar-refractivity contribution is 5.59. The highest BCUT2D eigenvalue weighted by Crippen LogP contribution is 1.83. The number of nitrogens with zero attached hydrogens (tertiary/aromatic N) is 1. The van der Waals surface area contributed by atoms with Gasteiger partial charge < -0.3 is 5.73 Å². The van der Waals surface area contributed by atoms with Gasteiger partial charge in [0, 0.05) is 12.8 Å². The molecule has 0 aliphatic carbocycles. The monoisotopic (exact) mass is 112 g/mol. The summed E-state index contributed by atoms with van der Waals surface area (Å²) in [6.07, 6.45) is 1.69. The highest BCUT2D eigenvalue weighted by Gasteiger charge is 1.75. The predicted octanol–water partition coefficient (Wildman–Crippen LogP) is 0.592. The van der Waals surface area contributed by atoms with Crippen molar-refractivity contribution in [2.45, 2.75) is 6.92 Å². The maximum absolute atomic E-state index is 5.14. The normalized spacial score (nSPS) is 10.2. The van der Waals surface area contributed by atoms with Gasteiger partial charge in [0.05, 0.1) is 6.54 Å². The molecular formula is C6H12N2. The number of nitrogens with two attached hydrogens (primary N) is 1. The van der Waals surface area contributed by atoms with Gasteiger partial charge in [0.2, 0.25) is 0 Å². The molecule has 0 heterocycles. The summed E-state index contributed by atoms with van der Waals surface area (Å²) in [4.78, 5) is 3.94. The van der Waals surface area contributed by atoms with Gasteiger partial charge in [0.1, 0.15) is 0 Å². The number of aliphatic imine (C=N–C) groups is 1. The third-order valence-electron chi connectivity index (χ3n) is 0.596. The second-order valence-electron chi connectivity index (χ2n) is 1.72. The van der Waals surface area contributed by atoms with Crippen molar-refractivity contribution in [3.8, 4) is 0 Å². The molecule has 0 amide bonds. The van der Waals surface area contributed by atoms with Crippen molar-refractivity contribution < 1.29 is 0 Å². The molecule has 0 saturated carbocycles. The quantitative estimate of drug-likeness (QED) is 0.421. The molecule has 0 atom stereocenters. The van der Waals surface area contributed by atoms with Crippen molar-refractivity contribution >= 4 is 6.21 Å². The summed E-state index contributed by atoms with van der Waals surface area (Å²) in [6, 6.07) is 0. The Labute approximate surface area is 50.1 Å². The molecule has 0 bridgehead atoms.